The van der Waals surface area contributed by atoms with Gasteiger partial charge >= 0.3 is 5.97 Å². The van der Waals surface area contributed by atoms with E-state index in [-0.39, 0.29) is 10.7 Å². The second kappa shape index (κ2) is 6.39. The molecule has 0 radical (unpaired) electrons. The average molecular weight is 265 g/mol. The molecule has 0 unspecified atom stereocenters. The SMILES string of the molecule is C[C@@H](C(=O)O)N(C)C(=O)CCC(C)(C)SS. The van der Waals surface area contributed by atoms with Crippen molar-refractivity contribution in [3.63, 3.8) is 0 Å². The van der Waals surface area contributed by atoms with Gasteiger partial charge in [-0.2, -0.15) is 0 Å². The lowest BCUT2D eigenvalue weighted by atomic mass is 10.1. The number of thiol groups is 1. The topological polar surface area (TPSA) is 57.6 Å². The fourth-order valence-electron chi connectivity index (χ4n) is 1.01. The van der Waals surface area contributed by atoms with Gasteiger partial charge in [0.1, 0.15) is 6.04 Å². The van der Waals surface area contributed by atoms with Gasteiger partial charge in [-0.1, -0.05) is 10.8 Å². The van der Waals surface area contributed by atoms with Crippen LogP contribution in [-0.4, -0.2) is 39.7 Å². The van der Waals surface area contributed by atoms with Crippen molar-refractivity contribution in [1.82, 2.24) is 4.90 Å². The molecule has 0 heterocycles. The highest BCUT2D eigenvalue weighted by Crippen LogP contribution is 2.32. The fourth-order valence-corrected chi connectivity index (χ4v) is 1.48. The highest BCUT2D eigenvalue weighted by Gasteiger charge is 2.24. The molecule has 1 N–H and O–H groups in total. The lowest BCUT2D eigenvalue weighted by Crippen LogP contribution is -2.40. The van der Waals surface area contributed by atoms with Crippen LogP contribution in [0.3, 0.4) is 0 Å². The number of rotatable bonds is 6. The Balaban J connectivity index is 4.22. The minimum Gasteiger partial charge on any atom is -0.480 e. The summed E-state index contributed by atoms with van der Waals surface area (Å²) in [5, 5.41) is 8.77. The van der Waals surface area contributed by atoms with Crippen molar-refractivity contribution in [2.24, 2.45) is 0 Å². The minimum atomic E-state index is -0.987. The smallest absolute Gasteiger partial charge is 0.326 e. The molecule has 0 spiro atoms. The molecular formula is C10H19NO3S2. The predicted octanol–water partition coefficient (Wildman–Crippen LogP) is 2.05. The molecule has 0 saturated carbocycles. The average Bonchev–Trinajstić information content (AvgIpc) is 2.23. The van der Waals surface area contributed by atoms with E-state index in [9.17, 15) is 9.59 Å². The summed E-state index contributed by atoms with van der Waals surface area (Å²) >= 11 is 4.13. The van der Waals surface area contributed by atoms with E-state index in [0.717, 1.165) is 0 Å². The van der Waals surface area contributed by atoms with E-state index in [4.69, 9.17) is 5.11 Å². The Morgan fingerprint density at radius 2 is 2.00 bits per heavy atom. The van der Waals surface area contributed by atoms with Crippen LogP contribution in [0, 0.1) is 0 Å². The minimum absolute atomic E-state index is 0.0773. The van der Waals surface area contributed by atoms with E-state index < -0.39 is 12.0 Å². The molecule has 16 heavy (non-hydrogen) atoms. The van der Waals surface area contributed by atoms with Gasteiger partial charge < -0.3 is 10.0 Å². The third kappa shape index (κ3) is 5.12. The van der Waals surface area contributed by atoms with Gasteiger partial charge in [0.15, 0.2) is 0 Å². The van der Waals surface area contributed by atoms with Crippen molar-refractivity contribution < 1.29 is 14.7 Å². The summed E-state index contributed by atoms with van der Waals surface area (Å²) in [6.45, 7) is 5.50. The van der Waals surface area contributed by atoms with Crippen LogP contribution < -0.4 is 0 Å². The van der Waals surface area contributed by atoms with Crippen molar-refractivity contribution in [2.75, 3.05) is 7.05 Å². The van der Waals surface area contributed by atoms with Gasteiger partial charge in [0.05, 0.1) is 0 Å². The molecule has 0 rings (SSSR count). The van der Waals surface area contributed by atoms with Crippen molar-refractivity contribution in [3.8, 4) is 0 Å². The first-order valence-corrected chi connectivity index (χ1v) is 6.89. The summed E-state index contributed by atoms with van der Waals surface area (Å²) in [5.74, 6) is -1.14. The first-order chi connectivity index (χ1) is 7.21. The maximum atomic E-state index is 11.7. The molecule has 6 heteroatoms. The van der Waals surface area contributed by atoms with E-state index in [0.29, 0.717) is 12.8 Å². The number of hydrogen-bond donors (Lipinski definition) is 2. The molecule has 0 aliphatic heterocycles. The van der Waals surface area contributed by atoms with E-state index in [1.807, 2.05) is 13.8 Å². The summed E-state index contributed by atoms with van der Waals surface area (Å²) in [6.07, 6.45) is 1.02. The summed E-state index contributed by atoms with van der Waals surface area (Å²) in [5.41, 5.74) is 0. The maximum Gasteiger partial charge on any atom is 0.326 e. The number of carboxylic acid groups (broad SMARTS) is 1. The number of amides is 1. The van der Waals surface area contributed by atoms with Crippen molar-refractivity contribution >= 4 is 34.3 Å². The van der Waals surface area contributed by atoms with Crippen LogP contribution >= 0.6 is 22.5 Å². The first-order valence-electron chi connectivity index (χ1n) is 5.02. The van der Waals surface area contributed by atoms with E-state index in [1.54, 1.807) is 0 Å². The van der Waals surface area contributed by atoms with E-state index in [1.165, 1.54) is 29.7 Å². The van der Waals surface area contributed by atoms with Gasteiger partial charge in [0.25, 0.3) is 0 Å². The molecule has 0 aromatic carbocycles. The third-order valence-corrected chi connectivity index (χ3v) is 4.70. The molecule has 4 nitrogen and oxygen atoms in total. The standard InChI is InChI=1S/C10H19NO3S2/c1-7(9(13)14)11(4)8(12)5-6-10(2,3)16-15/h7,15H,5-6H2,1-4H3,(H,13,14)/t7-/m0/s1. The van der Waals surface area contributed by atoms with E-state index in [2.05, 4.69) is 11.7 Å². The summed E-state index contributed by atoms with van der Waals surface area (Å²) in [4.78, 5) is 23.6. The molecule has 94 valence electrons. The fraction of sp³-hybridized carbons (Fsp3) is 0.800. The van der Waals surface area contributed by atoms with Gasteiger partial charge in [-0.3, -0.25) is 4.79 Å². The molecule has 1 atom stereocenters. The van der Waals surface area contributed by atoms with Crippen LogP contribution in [0.4, 0.5) is 0 Å². The second-order valence-corrected chi connectivity index (χ2v) is 6.21. The number of carbonyl (C=O) groups excluding carboxylic acids is 1. The highest BCUT2D eigenvalue weighted by molar-refractivity contribution is 8.69. The molecule has 0 bridgehead atoms. The van der Waals surface area contributed by atoms with Gasteiger partial charge in [-0.15, -0.1) is 11.7 Å². The zero-order valence-electron chi connectivity index (χ0n) is 10.1. The van der Waals surface area contributed by atoms with Gasteiger partial charge in [0, 0.05) is 18.2 Å². The second-order valence-electron chi connectivity index (χ2n) is 4.37. The quantitative estimate of drug-likeness (QED) is 0.570. The van der Waals surface area contributed by atoms with Crippen molar-refractivity contribution in [2.45, 2.75) is 44.4 Å². The van der Waals surface area contributed by atoms with Crippen molar-refractivity contribution in [1.29, 1.82) is 0 Å². The largest absolute Gasteiger partial charge is 0.480 e. The Hall–Kier alpha value is -0.360. The predicted molar refractivity (Wildman–Crippen MR) is 69.8 cm³/mol. The number of likely N-dealkylation sites (N-methyl/N-ethyl adjacent to an activating group) is 1. The Kier molecular flexibility index (Phi) is 6.25. The molecule has 1 amide bonds. The van der Waals surface area contributed by atoms with Crippen LogP contribution in [0.2, 0.25) is 0 Å². The van der Waals surface area contributed by atoms with Crippen LogP contribution in [-0.2, 0) is 9.59 Å². The molecule has 0 aromatic rings. The molecule has 0 saturated heterocycles. The number of aliphatic carboxylic acids is 1. The van der Waals surface area contributed by atoms with Crippen LogP contribution in [0.5, 0.6) is 0 Å². The summed E-state index contributed by atoms with van der Waals surface area (Å²) in [6, 6.07) is -0.778. The van der Waals surface area contributed by atoms with Gasteiger partial charge in [-0.05, 0) is 27.2 Å². The Labute approximate surface area is 106 Å². The van der Waals surface area contributed by atoms with Crippen LogP contribution in [0.15, 0.2) is 0 Å². The number of carboxylic acids is 1. The monoisotopic (exact) mass is 265 g/mol. The normalized spacial score (nSPS) is 13.3. The molecule has 0 aromatic heterocycles. The Morgan fingerprint density at radius 3 is 2.38 bits per heavy atom. The van der Waals surface area contributed by atoms with Crippen LogP contribution in [0.25, 0.3) is 0 Å². The number of carbonyl (C=O) groups is 2. The molecule has 0 fully saturated rings. The summed E-state index contributed by atoms with van der Waals surface area (Å²) in [7, 11) is 2.92. The highest BCUT2D eigenvalue weighted by atomic mass is 33.1. The maximum absolute atomic E-state index is 11.7. The Bertz CT molecular complexity index is 269. The molecule has 0 aliphatic rings. The molecule has 0 aliphatic carbocycles. The number of nitrogens with zero attached hydrogens (tertiary/aromatic N) is 1. The third-order valence-electron chi connectivity index (χ3n) is 2.52. The van der Waals surface area contributed by atoms with Crippen molar-refractivity contribution in [3.05, 3.63) is 0 Å². The lowest BCUT2D eigenvalue weighted by molar-refractivity contribution is -0.148. The van der Waals surface area contributed by atoms with Crippen LogP contribution in [0.1, 0.15) is 33.6 Å². The molecular weight excluding hydrogens is 246 g/mol. The van der Waals surface area contributed by atoms with Gasteiger partial charge in [-0.25, -0.2) is 4.79 Å². The van der Waals surface area contributed by atoms with Gasteiger partial charge in [0.2, 0.25) is 5.91 Å². The summed E-state index contributed by atoms with van der Waals surface area (Å²) < 4.78 is -0.0773. The van der Waals surface area contributed by atoms with E-state index >= 15 is 0 Å². The zero-order valence-corrected chi connectivity index (χ0v) is 11.8. The zero-order chi connectivity index (χ0) is 12.9. The lowest BCUT2D eigenvalue weighted by Gasteiger charge is -2.25. The number of hydrogen-bond acceptors (Lipinski definition) is 4. The Morgan fingerprint density at radius 1 is 1.50 bits per heavy atom. The first kappa shape index (κ1) is 15.6.